The SMILES string of the molecule is CC(C)OC(=O)OCCl.CSCC(=O)C[C@@H]1[B-]Oc2c(ccc(F)c2[C-]=O)C1.CSCC(=O)N[C@H]1Cc2ccc(F)c(C(=O)OCOC(=O)OC(C)C)c2OB1O.[Na+].[Na+].[OH-].[OH-]. The van der Waals surface area contributed by atoms with Crippen molar-refractivity contribution in [2.45, 2.75) is 70.9 Å². The fraction of sp³-hybridized carbons (Fsp3) is 0.486. The molecule has 0 fully saturated rings. The Morgan fingerprint density at radius 2 is 1.46 bits per heavy atom. The fourth-order valence-corrected chi connectivity index (χ4v) is 5.82. The third-order valence-electron chi connectivity index (χ3n) is 7.19. The van der Waals surface area contributed by atoms with Gasteiger partial charge in [-0.05, 0) is 70.4 Å². The first-order chi connectivity index (χ1) is 27.0. The molecule has 17 nitrogen and oxygen atoms in total. The zero-order chi connectivity index (χ0) is 42.7. The molecule has 0 saturated carbocycles. The number of hydrogen-bond acceptors (Lipinski definition) is 18. The van der Waals surface area contributed by atoms with Crippen LogP contribution in [0.5, 0.6) is 11.5 Å². The molecular weight excluding hydrogens is 896 g/mol. The summed E-state index contributed by atoms with van der Waals surface area (Å²) in [6.07, 6.45) is 3.95. The topological polar surface area (TPSA) is 259 Å². The van der Waals surface area contributed by atoms with Gasteiger partial charge in [0.1, 0.15) is 22.9 Å². The molecule has 1 amide bonds. The van der Waals surface area contributed by atoms with Crippen molar-refractivity contribution in [3.63, 3.8) is 0 Å². The number of esters is 1. The number of fused-ring (bicyclic) bond motifs is 2. The van der Waals surface area contributed by atoms with Crippen LogP contribution in [-0.4, -0.2) is 122 Å². The Bertz CT molecular complexity index is 1730. The Morgan fingerprint density at radius 1 is 0.902 bits per heavy atom. The first-order valence-electron chi connectivity index (χ1n) is 17.1. The number of ether oxygens (including phenoxy) is 5. The molecular formula is C35H44B2ClF2NNa2O16S2-2. The smallest absolute Gasteiger partial charge is 0.870 e. The second-order valence-corrected chi connectivity index (χ2v) is 14.4. The summed E-state index contributed by atoms with van der Waals surface area (Å²) in [6.45, 7) is 5.89. The van der Waals surface area contributed by atoms with E-state index in [9.17, 15) is 42.6 Å². The molecule has 4 rings (SSSR count). The van der Waals surface area contributed by atoms with Gasteiger partial charge in [-0.2, -0.15) is 29.3 Å². The predicted molar refractivity (Wildman–Crippen MR) is 212 cm³/mol. The Labute approximate surface area is 411 Å². The van der Waals surface area contributed by atoms with Crippen LogP contribution in [0.15, 0.2) is 24.3 Å². The number of hydrogen-bond donors (Lipinski definition) is 2. The largest absolute Gasteiger partial charge is 1.00 e. The van der Waals surface area contributed by atoms with Gasteiger partial charge >= 0.3 is 84.5 Å². The van der Waals surface area contributed by atoms with E-state index < -0.39 is 61.4 Å². The van der Waals surface area contributed by atoms with Gasteiger partial charge in [0.25, 0.3) is 0 Å². The summed E-state index contributed by atoms with van der Waals surface area (Å²) >= 11 is 7.86. The van der Waals surface area contributed by atoms with Crippen LogP contribution in [0, 0.1) is 11.6 Å². The number of amides is 1. The van der Waals surface area contributed by atoms with Crippen molar-refractivity contribution in [1.82, 2.24) is 5.32 Å². The van der Waals surface area contributed by atoms with E-state index in [0.717, 1.165) is 11.6 Å². The van der Waals surface area contributed by atoms with Crippen LogP contribution in [0.1, 0.15) is 61.2 Å². The predicted octanol–water partition coefficient (Wildman–Crippen LogP) is -1.35. The Hall–Kier alpha value is -2.28. The van der Waals surface area contributed by atoms with Crippen LogP contribution in [0.25, 0.3) is 0 Å². The van der Waals surface area contributed by atoms with Crippen molar-refractivity contribution in [3.8, 4) is 11.5 Å². The van der Waals surface area contributed by atoms with Crippen molar-refractivity contribution in [2.24, 2.45) is 0 Å². The van der Waals surface area contributed by atoms with Gasteiger partial charge in [-0.25, -0.2) is 18.8 Å². The molecule has 2 aliphatic rings. The summed E-state index contributed by atoms with van der Waals surface area (Å²) in [6, 6.07) is 5.09. The van der Waals surface area contributed by atoms with E-state index in [1.54, 1.807) is 46.3 Å². The zero-order valence-corrected chi connectivity index (χ0v) is 41.2. The van der Waals surface area contributed by atoms with Gasteiger partial charge in [-0.3, -0.25) is 14.0 Å². The van der Waals surface area contributed by atoms with Crippen LogP contribution < -0.4 is 73.7 Å². The molecule has 4 N–H and O–H groups in total. The molecule has 2 aromatic rings. The van der Waals surface area contributed by atoms with Crippen molar-refractivity contribution < 1.29 is 146 Å². The molecule has 2 aliphatic heterocycles. The fourth-order valence-electron chi connectivity index (χ4n) is 4.95. The molecule has 0 unspecified atom stereocenters. The maximum atomic E-state index is 14.3. The van der Waals surface area contributed by atoms with Crippen LogP contribution >= 0.6 is 35.1 Å². The third-order valence-corrected chi connectivity index (χ3v) is 8.46. The molecule has 2 radical (unpaired) electrons. The maximum absolute atomic E-state index is 14.3. The van der Waals surface area contributed by atoms with E-state index in [4.69, 9.17) is 30.4 Å². The second kappa shape index (κ2) is 33.3. The average molecular weight is 940 g/mol. The number of ketones is 1. The second-order valence-electron chi connectivity index (χ2n) is 12.4. The standard InChI is InChI=1S/C17H21BFNO8S.C13H12BFO3S.C5H9ClO3.2Na.2H2O/c1-9(2)27-17(23)26-8-25-16(22)14-11(19)5-4-10-6-12(18(24)28-15(10)14)20-13(21)7-29-3;1-19-7-10(17)5-9-4-8-2-3-12(15)11(6-16)13(8)18-14-9;1-4(2)9-5(7)8-3-6;;;;/h4-5,9,12,24H,6-8H2,1-3H3,(H,20,21);2-3,9H,4-5,7H2,1H3;4H,3H2,1-2H3;;;2*1H2/q;-2;;2*+1;;/p-2/t12-;9-;;;;;/m01...../s1. The first-order valence-corrected chi connectivity index (χ1v) is 20.4. The molecule has 2 atom stereocenters. The van der Waals surface area contributed by atoms with E-state index in [2.05, 4.69) is 19.5 Å². The van der Waals surface area contributed by atoms with Crippen molar-refractivity contribution in [3.05, 3.63) is 58.2 Å². The van der Waals surface area contributed by atoms with Crippen molar-refractivity contribution in [1.29, 1.82) is 0 Å². The quantitative estimate of drug-likeness (QED) is 0.0554. The molecule has 61 heavy (non-hydrogen) atoms. The Kier molecular flexibility index (Phi) is 34.4. The molecule has 2 aromatic carbocycles. The van der Waals surface area contributed by atoms with Gasteiger partial charge in [0.15, 0.2) is 6.07 Å². The first kappa shape index (κ1) is 63.0. The average Bonchev–Trinajstić information content (AvgIpc) is 3.12. The summed E-state index contributed by atoms with van der Waals surface area (Å²) in [5.74, 6) is -2.92. The molecule has 2 heterocycles. The molecule has 0 aliphatic carbocycles. The Morgan fingerprint density at radius 3 is 2.00 bits per heavy atom. The number of alkyl halides is 1. The number of carbonyl (C=O) groups is 5. The van der Waals surface area contributed by atoms with Crippen LogP contribution in [-0.2, 0) is 50.9 Å². The summed E-state index contributed by atoms with van der Waals surface area (Å²) in [4.78, 5) is 67.9. The minimum absolute atomic E-state index is 0. The molecule has 0 bridgehead atoms. The van der Waals surface area contributed by atoms with E-state index >= 15 is 0 Å². The summed E-state index contributed by atoms with van der Waals surface area (Å²) in [5.41, 5.74) is 0.418. The molecule has 0 spiro atoms. The molecule has 328 valence electrons. The van der Waals surface area contributed by atoms with Gasteiger partial charge < -0.3 is 59.1 Å². The minimum atomic E-state index is -1.49. The van der Waals surface area contributed by atoms with Crippen molar-refractivity contribution in [2.75, 3.05) is 36.9 Å². The number of halogens is 3. The number of carbonyl (C=O) groups excluding carboxylic acids is 6. The normalized spacial score (nSPS) is 14.1. The van der Waals surface area contributed by atoms with Gasteiger partial charge in [0, 0.05) is 5.82 Å². The van der Waals surface area contributed by atoms with Crippen LogP contribution in [0.2, 0.25) is 5.82 Å². The number of Topliss-reactive ketones (excluding diaryl/α,β-unsaturated/α-hetero) is 1. The zero-order valence-electron chi connectivity index (χ0n) is 34.8. The number of thioether (sulfide) groups is 2. The minimum Gasteiger partial charge on any atom is -0.870 e. The van der Waals surface area contributed by atoms with Gasteiger partial charge in [0.05, 0.1) is 35.9 Å². The van der Waals surface area contributed by atoms with Crippen LogP contribution in [0.4, 0.5) is 18.4 Å². The Balaban J connectivity index is -0.000000909. The number of nitrogens with one attached hydrogen (secondary N) is 1. The maximum Gasteiger partial charge on any atom is 1.00 e. The molecule has 0 saturated heterocycles. The van der Waals surface area contributed by atoms with E-state index in [-0.39, 0.29) is 129 Å². The third kappa shape index (κ3) is 22.3. The summed E-state index contributed by atoms with van der Waals surface area (Å²) < 4.78 is 61.1. The molecule has 0 aromatic heterocycles. The number of benzene rings is 2. The van der Waals surface area contributed by atoms with Gasteiger partial charge in [-0.1, -0.05) is 47.3 Å². The van der Waals surface area contributed by atoms with E-state index in [0.29, 0.717) is 24.2 Å². The van der Waals surface area contributed by atoms with E-state index in [1.807, 2.05) is 6.26 Å². The van der Waals surface area contributed by atoms with Gasteiger partial charge in [-0.15, -0.1) is 7.48 Å². The summed E-state index contributed by atoms with van der Waals surface area (Å²) in [5, 5.41) is 12.8. The van der Waals surface area contributed by atoms with E-state index in [1.165, 1.54) is 43.1 Å². The number of rotatable bonds is 14. The molecule has 26 heteroatoms. The van der Waals surface area contributed by atoms with Gasteiger partial charge in [0.2, 0.25) is 12.7 Å². The van der Waals surface area contributed by atoms with Crippen LogP contribution in [0.3, 0.4) is 0 Å². The van der Waals surface area contributed by atoms with Crippen molar-refractivity contribution >= 4 is 86.0 Å². The monoisotopic (exact) mass is 939 g/mol. The summed E-state index contributed by atoms with van der Waals surface area (Å²) in [7, 11) is 0.0276.